The maximum absolute atomic E-state index is 5.54. The van der Waals surface area contributed by atoms with Gasteiger partial charge >= 0.3 is 0 Å². The summed E-state index contributed by atoms with van der Waals surface area (Å²) in [6.45, 7) is 6.07. The molecule has 1 saturated heterocycles. The van der Waals surface area contributed by atoms with Gasteiger partial charge in [-0.1, -0.05) is 30.3 Å². The zero-order chi connectivity index (χ0) is 11.2. The van der Waals surface area contributed by atoms with E-state index in [2.05, 4.69) is 42.2 Å². The van der Waals surface area contributed by atoms with Crippen LogP contribution in [0.5, 0.6) is 0 Å². The molecule has 1 fully saturated rings. The van der Waals surface area contributed by atoms with Crippen molar-refractivity contribution in [1.29, 1.82) is 0 Å². The fraction of sp³-hybridized carbons (Fsp3) is 0.571. The normalized spacial score (nSPS) is 21.4. The molecule has 2 heteroatoms. The average Bonchev–Trinajstić information content (AvgIpc) is 2.75. The molecule has 0 saturated carbocycles. The van der Waals surface area contributed by atoms with E-state index in [0.29, 0.717) is 6.04 Å². The monoisotopic (exact) mass is 219 g/mol. The molecule has 1 aliphatic heterocycles. The SMILES string of the molecule is CCOC[C@@H]1CCCN1Cc1ccccc1. The Labute approximate surface area is 98.2 Å². The first-order valence-corrected chi connectivity index (χ1v) is 6.26. The minimum Gasteiger partial charge on any atom is -0.380 e. The van der Waals surface area contributed by atoms with E-state index in [1.54, 1.807) is 0 Å². The molecule has 0 aliphatic carbocycles. The molecule has 0 amide bonds. The lowest BCUT2D eigenvalue weighted by atomic mass is 10.2. The number of nitrogens with zero attached hydrogens (tertiary/aromatic N) is 1. The van der Waals surface area contributed by atoms with Gasteiger partial charge < -0.3 is 4.74 Å². The highest BCUT2D eigenvalue weighted by molar-refractivity contribution is 5.14. The van der Waals surface area contributed by atoms with Crippen molar-refractivity contribution in [3.63, 3.8) is 0 Å². The molecule has 0 spiro atoms. The summed E-state index contributed by atoms with van der Waals surface area (Å²) < 4.78 is 5.54. The van der Waals surface area contributed by atoms with E-state index in [9.17, 15) is 0 Å². The van der Waals surface area contributed by atoms with Gasteiger partial charge in [-0.25, -0.2) is 0 Å². The molecule has 2 rings (SSSR count). The van der Waals surface area contributed by atoms with E-state index >= 15 is 0 Å². The van der Waals surface area contributed by atoms with Crippen LogP contribution >= 0.6 is 0 Å². The molecule has 1 aromatic carbocycles. The Morgan fingerprint density at radius 1 is 1.31 bits per heavy atom. The summed E-state index contributed by atoms with van der Waals surface area (Å²) in [5, 5.41) is 0. The molecule has 0 N–H and O–H groups in total. The van der Waals surface area contributed by atoms with Gasteiger partial charge in [0.25, 0.3) is 0 Å². The van der Waals surface area contributed by atoms with E-state index in [4.69, 9.17) is 4.74 Å². The summed E-state index contributed by atoms with van der Waals surface area (Å²) in [6, 6.07) is 11.3. The quantitative estimate of drug-likeness (QED) is 0.755. The smallest absolute Gasteiger partial charge is 0.0621 e. The van der Waals surface area contributed by atoms with Crippen molar-refractivity contribution in [3.05, 3.63) is 35.9 Å². The van der Waals surface area contributed by atoms with Gasteiger partial charge in [-0.3, -0.25) is 4.90 Å². The second-order valence-corrected chi connectivity index (χ2v) is 4.41. The van der Waals surface area contributed by atoms with Crippen LogP contribution in [-0.2, 0) is 11.3 Å². The van der Waals surface area contributed by atoms with E-state index in [1.165, 1.54) is 24.9 Å². The fourth-order valence-electron chi connectivity index (χ4n) is 2.36. The Hall–Kier alpha value is -0.860. The van der Waals surface area contributed by atoms with Crippen LogP contribution in [0.25, 0.3) is 0 Å². The molecule has 2 nitrogen and oxygen atoms in total. The van der Waals surface area contributed by atoms with Gasteiger partial charge in [0.2, 0.25) is 0 Å². The maximum Gasteiger partial charge on any atom is 0.0621 e. The number of hydrogen-bond acceptors (Lipinski definition) is 2. The summed E-state index contributed by atoms with van der Waals surface area (Å²) in [5.41, 5.74) is 1.41. The van der Waals surface area contributed by atoms with Crippen LogP contribution in [0.2, 0.25) is 0 Å². The zero-order valence-corrected chi connectivity index (χ0v) is 10.1. The van der Waals surface area contributed by atoms with E-state index in [0.717, 1.165) is 19.8 Å². The number of likely N-dealkylation sites (tertiary alicyclic amines) is 1. The minimum absolute atomic E-state index is 0.625. The highest BCUT2D eigenvalue weighted by atomic mass is 16.5. The van der Waals surface area contributed by atoms with Gasteiger partial charge in [0, 0.05) is 19.2 Å². The predicted molar refractivity (Wildman–Crippen MR) is 66.4 cm³/mol. The number of rotatable bonds is 5. The molecule has 1 atom stereocenters. The van der Waals surface area contributed by atoms with Crippen molar-refractivity contribution in [1.82, 2.24) is 4.90 Å². The fourth-order valence-corrected chi connectivity index (χ4v) is 2.36. The first-order valence-electron chi connectivity index (χ1n) is 6.26. The summed E-state index contributed by atoms with van der Waals surface area (Å²) in [7, 11) is 0. The van der Waals surface area contributed by atoms with Crippen molar-refractivity contribution in [2.75, 3.05) is 19.8 Å². The van der Waals surface area contributed by atoms with E-state index in [-0.39, 0.29) is 0 Å². The Morgan fingerprint density at radius 2 is 2.12 bits per heavy atom. The predicted octanol–water partition coefficient (Wildman–Crippen LogP) is 2.69. The van der Waals surface area contributed by atoms with Crippen molar-refractivity contribution in [2.24, 2.45) is 0 Å². The van der Waals surface area contributed by atoms with Crippen molar-refractivity contribution in [3.8, 4) is 0 Å². The molecule has 0 aromatic heterocycles. The van der Waals surface area contributed by atoms with Crippen LogP contribution in [-0.4, -0.2) is 30.7 Å². The molecule has 16 heavy (non-hydrogen) atoms. The first-order chi connectivity index (χ1) is 7.90. The highest BCUT2D eigenvalue weighted by Crippen LogP contribution is 2.20. The Bertz CT molecular complexity index is 299. The molecule has 1 aromatic rings. The topological polar surface area (TPSA) is 12.5 Å². The zero-order valence-electron chi connectivity index (χ0n) is 10.1. The lowest BCUT2D eigenvalue weighted by molar-refractivity contribution is 0.0824. The van der Waals surface area contributed by atoms with Crippen LogP contribution < -0.4 is 0 Å². The Balaban J connectivity index is 1.88. The second-order valence-electron chi connectivity index (χ2n) is 4.41. The van der Waals surface area contributed by atoms with Gasteiger partial charge in [0.1, 0.15) is 0 Å². The van der Waals surface area contributed by atoms with Crippen LogP contribution in [0.1, 0.15) is 25.3 Å². The lowest BCUT2D eigenvalue weighted by Crippen LogP contribution is -2.32. The van der Waals surface area contributed by atoms with E-state index < -0.39 is 0 Å². The highest BCUT2D eigenvalue weighted by Gasteiger charge is 2.24. The molecule has 0 unspecified atom stereocenters. The first kappa shape index (κ1) is 11.6. The molecule has 1 aliphatic rings. The number of benzene rings is 1. The molecule has 0 radical (unpaired) electrons. The largest absolute Gasteiger partial charge is 0.380 e. The summed E-state index contributed by atoms with van der Waals surface area (Å²) in [4.78, 5) is 2.55. The standard InChI is InChI=1S/C14H21NO/c1-2-16-12-14-9-6-10-15(14)11-13-7-4-3-5-8-13/h3-5,7-8,14H,2,6,9-12H2,1H3/t14-/m0/s1. The van der Waals surface area contributed by atoms with Crippen LogP contribution in [0, 0.1) is 0 Å². The maximum atomic E-state index is 5.54. The molecule has 0 bridgehead atoms. The van der Waals surface area contributed by atoms with Crippen LogP contribution in [0.3, 0.4) is 0 Å². The summed E-state index contributed by atoms with van der Waals surface area (Å²) in [6.07, 6.45) is 2.59. The third kappa shape index (κ3) is 3.06. The van der Waals surface area contributed by atoms with Crippen LogP contribution in [0.15, 0.2) is 30.3 Å². The van der Waals surface area contributed by atoms with Gasteiger partial charge in [-0.05, 0) is 31.9 Å². The molecule has 88 valence electrons. The third-order valence-electron chi connectivity index (χ3n) is 3.24. The summed E-state index contributed by atoms with van der Waals surface area (Å²) in [5.74, 6) is 0. The van der Waals surface area contributed by atoms with E-state index in [1.807, 2.05) is 0 Å². The number of ether oxygens (including phenoxy) is 1. The van der Waals surface area contributed by atoms with Crippen LogP contribution in [0.4, 0.5) is 0 Å². The van der Waals surface area contributed by atoms with Crippen molar-refractivity contribution >= 4 is 0 Å². The second kappa shape index (κ2) is 6.02. The third-order valence-corrected chi connectivity index (χ3v) is 3.24. The van der Waals surface area contributed by atoms with Gasteiger partial charge in [0.15, 0.2) is 0 Å². The van der Waals surface area contributed by atoms with Gasteiger partial charge in [-0.2, -0.15) is 0 Å². The van der Waals surface area contributed by atoms with Crippen molar-refractivity contribution in [2.45, 2.75) is 32.4 Å². The van der Waals surface area contributed by atoms with Gasteiger partial charge in [0.05, 0.1) is 6.61 Å². The van der Waals surface area contributed by atoms with Gasteiger partial charge in [-0.15, -0.1) is 0 Å². The Kier molecular flexibility index (Phi) is 4.37. The average molecular weight is 219 g/mol. The Morgan fingerprint density at radius 3 is 2.88 bits per heavy atom. The minimum atomic E-state index is 0.625. The molecular weight excluding hydrogens is 198 g/mol. The summed E-state index contributed by atoms with van der Waals surface area (Å²) >= 11 is 0. The number of hydrogen-bond donors (Lipinski definition) is 0. The van der Waals surface area contributed by atoms with Crippen molar-refractivity contribution < 1.29 is 4.74 Å². The molecule has 1 heterocycles. The molecular formula is C14H21NO. The lowest BCUT2D eigenvalue weighted by Gasteiger charge is -2.24.